The summed E-state index contributed by atoms with van der Waals surface area (Å²) in [6.45, 7) is 4.82. The number of amides is 1. The first-order valence-electron chi connectivity index (χ1n) is 10.3. The van der Waals surface area contributed by atoms with E-state index >= 15 is 0 Å². The number of hydrogen-bond acceptors (Lipinski definition) is 3. The van der Waals surface area contributed by atoms with Gasteiger partial charge in [-0.2, -0.15) is 0 Å². The summed E-state index contributed by atoms with van der Waals surface area (Å²) in [5.74, 6) is -0.259. The molecule has 1 amide bonds. The molecule has 0 fully saturated rings. The minimum atomic E-state index is -0.267. The van der Waals surface area contributed by atoms with E-state index < -0.39 is 0 Å². The number of fused-ring (bicyclic) bond motifs is 3. The topological polar surface area (TPSA) is 32.7 Å². The van der Waals surface area contributed by atoms with E-state index in [-0.39, 0.29) is 18.3 Å². The first-order chi connectivity index (χ1) is 14.5. The van der Waals surface area contributed by atoms with Gasteiger partial charge in [-0.3, -0.25) is 14.7 Å². The Balaban J connectivity index is 1.64. The Morgan fingerprint density at radius 3 is 2.70 bits per heavy atom. The molecule has 0 spiro atoms. The number of carbonyl (C=O) groups excluding carboxylic acids is 1. The number of rotatable bonds is 3. The SMILES string of the molecule is Cc1ccc(C)c(CN2C(=O)CN=C(c3ccc(F)cc3)c3c2sc2c3CCC2)c1. The third-order valence-electron chi connectivity index (χ3n) is 6.01. The van der Waals surface area contributed by atoms with E-state index in [1.807, 2.05) is 4.90 Å². The van der Waals surface area contributed by atoms with Crippen molar-refractivity contribution in [1.29, 1.82) is 0 Å². The normalized spacial score (nSPS) is 15.6. The summed E-state index contributed by atoms with van der Waals surface area (Å²) in [5.41, 5.74) is 7.62. The van der Waals surface area contributed by atoms with Crippen molar-refractivity contribution >= 4 is 28.0 Å². The monoisotopic (exact) mass is 418 g/mol. The maximum absolute atomic E-state index is 13.5. The lowest BCUT2D eigenvalue weighted by atomic mass is 9.99. The van der Waals surface area contributed by atoms with E-state index in [9.17, 15) is 9.18 Å². The molecule has 5 heteroatoms. The van der Waals surface area contributed by atoms with Gasteiger partial charge in [0.15, 0.2) is 0 Å². The average Bonchev–Trinajstić information content (AvgIpc) is 3.28. The van der Waals surface area contributed by atoms with Crippen LogP contribution in [-0.4, -0.2) is 18.2 Å². The Kier molecular flexibility index (Phi) is 4.78. The highest BCUT2D eigenvalue weighted by atomic mass is 32.1. The maximum atomic E-state index is 13.5. The quantitative estimate of drug-likeness (QED) is 0.562. The first kappa shape index (κ1) is 19.2. The number of thiophene rings is 1. The molecule has 0 saturated carbocycles. The molecule has 0 radical (unpaired) electrons. The Bertz CT molecular complexity index is 1180. The Labute approximate surface area is 179 Å². The van der Waals surface area contributed by atoms with Crippen LogP contribution in [-0.2, 0) is 24.2 Å². The molecule has 0 bridgehead atoms. The molecule has 2 aliphatic rings. The van der Waals surface area contributed by atoms with Crippen LogP contribution in [0.25, 0.3) is 0 Å². The smallest absolute Gasteiger partial charge is 0.249 e. The lowest BCUT2D eigenvalue weighted by Gasteiger charge is -2.22. The molecule has 1 aliphatic carbocycles. The van der Waals surface area contributed by atoms with E-state index in [0.717, 1.165) is 46.7 Å². The van der Waals surface area contributed by atoms with Crippen LogP contribution in [0.15, 0.2) is 47.5 Å². The molecule has 0 unspecified atom stereocenters. The van der Waals surface area contributed by atoms with Gasteiger partial charge in [0, 0.05) is 16.0 Å². The Hall–Kier alpha value is -2.79. The summed E-state index contributed by atoms with van der Waals surface area (Å²) in [4.78, 5) is 21.2. The van der Waals surface area contributed by atoms with Gasteiger partial charge in [-0.1, -0.05) is 23.8 Å². The van der Waals surface area contributed by atoms with E-state index in [2.05, 4.69) is 32.0 Å². The maximum Gasteiger partial charge on any atom is 0.249 e. The van der Waals surface area contributed by atoms with Gasteiger partial charge >= 0.3 is 0 Å². The van der Waals surface area contributed by atoms with Gasteiger partial charge in [-0.05, 0) is 74.1 Å². The van der Waals surface area contributed by atoms with E-state index in [0.29, 0.717) is 6.54 Å². The van der Waals surface area contributed by atoms with Crippen LogP contribution in [0, 0.1) is 19.7 Å². The minimum absolute atomic E-state index is 0.00851. The second-order valence-corrected chi connectivity index (χ2v) is 9.20. The minimum Gasteiger partial charge on any atom is -0.297 e. The van der Waals surface area contributed by atoms with Gasteiger partial charge in [0.1, 0.15) is 17.4 Å². The predicted molar refractivity (Wildman–Crippen MR) is 120 cm³/mol. The average molecular weight is 419 g/mol. The molecule has 3 aromatic rings. The fourth-order valence-electron chi connectivity index (χ4n) is 4.39. The molecule has 0 N–H and O–H groups in total. The highest BCUT2D eigenvalue weighted by molar-refractivity contribution is 7.17. The van der Waals surface area contributed by atoms with Crippen LogP contribution >= 0.6 is 11.3 Å². The predicted octanol–water partition coefficient (Wildman–Crippen LogP) is 5.38. The van der Waals surface area contributed by atoms with Crippen LogP contribution in [0.2, 0.25) is 0 Å². The van der Waals surface area contributed by atoms with Gasteiger partial charge in [0.25, 0.3) is 0 Å². The van der Waals surface area contributed by atoms with Crippen LogP contribution in [0.3, 0.4) is 0 Å². The summed E-state index contributed by atoms with van der Waals surface area (Å²) in [6.07, 6.45) is 3.19. The molecule has 30 heavy (non-hydrogen) atoms. The first-order valence-corrected chi connectivity index (χ1v) is 11.1. The molecule has 2 aromatic carbocycles. The molecule has 1 aromatic heterocycles. The summed E-state index contributed by atoms with van der Waals surface area (Å²) in [7, 11) is 0. The summed E-state index contributed by atoms with van der Waals surface area (Å²) in [5, 5.41) is 0.992. The third-order valence-corrected chi connectivity index (χ3v) is 7.32. The van der Waals surface area contributed by atoms with Crippen molar-refractivity contribution in [3.63, 3.8) is 0 Å². The molecule has 1 aliphatic heterocycles. The van der Waals surface area contributed by atoms with Crippen LogP contribution in [0.1, 0.15) is 44.7 Å². The van der Waals surface area contributed by atoms with E-state index in [1.165, 1.54) is 33.7 Å². The second-order valence-electron chi connectivity index (χ2n) is 8.12. The van der Waals surface area contributed by atoms with Crippen molar-refractivity contribution in [2.75, 3.05) is 11.4 Å². The molecule has 152 valence electrons. The number of carbonyl (C=O) groups is 1. The van der Waals surface area contributed by atoms with Crippen molar-refractivity contribution in [2.45, 2.75) is 39.7 Å². The third kappa shape index (κ3) is 3.27. The number of aryl methyl sites for hydroxylation is 3. The lowest BCUT2D eigenvalue weighted by molar-refractivity contribution is -0.117. The lowest BCUT2D eigenvalue weighted by Crippen LogP contribution is -2.31. The van der Waals surface area contributed by atoms with Crippen LogP contribution < -0.4 is 4.90 Å². The zero-order valence-corrected chi connectivity index (χ0v) is 18.0. The zero-order valence-electron chi connectivity index (χ0n) is 17.2. The van der Waals surface area contributed by atoms with E-state index in [4.69, 9.17) is 4.99 Å². The standard InChI is InChI=1S/C25H23FN2OS/c1-15-6-7-16(2)18(12-15)14-28-22(29)13-27-24(17-8-10-19(26)11-9-17)23-20-4-3-5-21(20)30-25(23)28/h6-12H,3-5,13-14H2,1-2H3. The molecule has 5 rings (SSSR count). The number of aliphatic imine (C=N–C) groups is 1. The van der Waals surface area contributed by atoms with Crippen molar-refractivity contribution < 1.29 is 9.18 Å². The Morgan fingerprint density at radius 1 is 1.10 bits per heavy atom. The van der Waals surface area contributed by atoms with Crippen molar-refractivity contribution in [3.05, 3.63) is 86.5 Å². The number of anilines is 1. The molecule has 0 atom stereocenters. The molecule has 2 heterocycles. The summed E-state index contributed by atoms with van der Waals surface area (Å²) in [6, 6.07) is 12.8. The number of halogens is 1. The largest absolute Gasteiger partial charge is 0.297 e. The van der Waals surface area contributed by atoms with Gasteiger partial charge < -0.3 is 0 Å². The fraction of sp³-hybridized carbons (Fsp3) is 0.280. The van der Waals surface area contributed by atoms with Gasteiger partial charge in [-0.15, -0.1) is 11.3 Å². The highest BCUT2D eigenvalue weighted by Crippen LogP contribution is 2.44. The summed E-state index contributed by atoms with van der Waals surface area (Å²) < 4.78 is 13.5. The van der Waals surface area contributed by atoms with Crippen molar-refractivity contribution in [2.24, 2.45) is 4.99 Å². The number of benzene rings is 2. The Morgan fingerprint density at radius 2 is 1.90 bits per heavy atom. The van der Waals surface area contributed by atoms with Gasteiger partial charge in [0.2, 0.25) is 5.91 Å². The van der Waals surface area contributed by atoms with Crippen LogP contribution in [0.5, 0.6) is 0 Å². The fourth-order valence-corrected chi connectivity index (χ4v) is 5.80. The van der Waals surface area contributed by atoms with Crippen LogP contribution in [0.4, 0.5) is 9.39 Å². The molecule has 0 saturated heterocycles. The highest BCUT2D eigenvalue weighted by Gasteiger charge is 2.33. The number of nitrogens with zero attached hydrogens (tertiary/aromatic N) is 2. The van der Waals surface area contributed by atoms with E-state index in [1.54, 1.807) is 23.5 Å². The van der Waals surface area contributed by atoms with Gasteiger partial charge in [-0.25, -0.2) is 4.39 Å². The summed E-state index contributed by atoms with van der Waals surface area (Å²) >= 11 is 1.73. The van der Waals surface area contributed by atoms with Gasteiger partial charge in [0.05, 0.1) is 12.3 Å². The molecular weight excluding hydrogens is 395 g/mol. The van der Waals surface area contributed by atoms with Crippen molar-refractivity contribution in [3.8, 4) is 0 Å². The zero-order chi connectivity index (χ0) is 20.8. The van der Waals surface area contributed by atoms with Crippen molar-refractivity contribution in [1.82, 2.24) is 0 Å². The second kappa shape index (κ2) is 7.47. The number of hydrogen-bond donors (Lipinski definition) is 0. The molecular formula is C25H23FN2OS. The molecule has 3 nitrogen and oxygen atoms in total.